The number of hydrogen-bond acceptors (Lipinski definition) is 1. The molecule has 1 aliphatic rings. The van der Waals surface area contributed by atoms with Crippen LogP contribution >= 0.6 is 27.5 Å². The van der Waals surface area contributed by atoms with Gasteiger partial charge in [0.15, 0.2) is 0 Å². The van der Waals surface area contributed by atoms with E-state index in [2.05, 4.69) is 27.3 Å². The van der Waals surface area contributed by atoms with Crippen LogP contribution in [0.5, 0.6) is 0 Å². The Hall–Kier alpha value is -0.0500. The van der Waals surface area contributed by atoms with Crippen LogP contribution < -0.4 is 5.32 Å². The van der Waals surface area contributed by atoms with Gasteiger partial charge in [0.05, 0.1) is 0 Å². The zero-order chi connectivity index (χ0) is 10.7. The third-order valence-corrected chi connectivity index (χ3v) is 3.92. The summed E-state index contributed by atoms with van der Waals surface area (Å²) in [6.45, 7) is 0.933. The van der Waals surface area contributed by atoms with Gasteiger partial charge >= 0.3 is 0 Å². The first-order valence-corrected chi connectivity index (χ1v) is 6.60. The Morgan fingerprint density at radius 2 is 2.07 bits per heavy atom. The van der Waals surface area contributed by atoms with E-state index < -0.39 is 0 Å². The van der Waals surface area contributed by atoms with Gasteiger partial charge in [-0.1, -0.05) is 46.4 Å². The van der Waals surface area contributed by atoms with Crippen LogP contribution in [0.1, 0.15) is 31.2 Å². The predicted molar refractivity (Wildman–Crippen MR) is 68.2 cm³/mol. The first-order valence-electron chi connectivity index (χ1n) is 5.43. The molecule has 2 rings (SSSR count). The molecule has 15 heavy (non-hydrogen) atoms. The van der Waals surface area contributed by atoms with E-state index >= 15 is 0 Å². The van der Waals surface area contributed by atoms with Crippen LogP contribution in [0.3, 0.4) is 0 Å². The van der Waals surface area contributed by atoms with Gasteiger partial charge in [-0.2, -0.15) is 0 Å². The Balaban J connectivity index is 1.92. The quantitative estimate of drug-likeness (QED) is 0.881. The molecule has 0 unspecified atom stereocenters. The number of hydrogen-bond donors (Lipinski definition) is 1. The van der Waals surface area contributed by atoms with Crippen molar-refractivity contribution >= 4 is 27.5 Å². The molecule has 3 heteroatoms. The smallest absolute Gasteiger partial charge is 0.0417 e. The molecule has 1 fully saturated rings. The summed E-state index contributed by atoms with van der Waals surface area (Å²) in [5.41, 5.74) is 1.28. The fourth-order valence-electron chi connectivity index (χ4n) is 2.05. The van der Waals surface area contributed by atoms with Crippen molar-refractivity contribution < 1.29 is 0 Å². The third-order valence-electron chi connectivity index (χ3n) is 2.95. The Morgan fingerprint density at radius 1 is 1.33 bits per heavy atom. The summed E-state index contributed by atoms with van der Waals surface area (Å²) in [6.07, 6.45) is 5.40. The maximum atomic E-state index is 5.89. The Labute approximate surface area is 104 Å². The molecule has 0 radical (unpaired) electrons. The summed E-state index contributed by atoms with van der Waals surface area (Å²) >= 11 is 9.43. The van der Waals surface area contributed by atoms with Crippen molar-refractivity contribution in [3.8, 4) is 0 Å². The van der Waals surface area contributed by atoms with Gasteiger partial charge in [-0.15, -0.1) is 0 Å². The van der Waals surface area contributed by atoms with E-state index in [1.54, 1.807) is 0 Å². The lowest BCUT2D eigenvalue weighted by Crippen LogP contribution is -2.25. The highest BCUT2D eigenvalue weighted by Crippen LogP contribution is 2.23. The van der Waals surface area contributed by atoms with Gasteiger partial charge in [-0.05, 0) is 30.5 Å². The average Bonchev–Trinajstić information content (AvgIpc) is 2.69. The van der Waals surface area contributed by atoms with E-state index in [-0.39, 0.29) is 0 Å². The molecule has 1 N–H and O–H groups in total. The predicted octanol–water partition coefficient (Wildman–Crippen LogP) is 4.13. The van der Waals surface area contributed by atoms with Crippen molar-refractivity contribution in [3.63, 3.8) is 0 Å². The summed E-state index contributed by atoms with van der Waals surface area (Å²) in [6, 6.07) is 6.69. The van der Waals surface area contributed by atoms with Crippen LogP contribution in [0.4, 0.5) is 0 Å². The highest BCUT2D eigenvalue weighted by atomic mass is 79.9. The van der Waals surface area contributed by atoms with Gasteiger partial charge in [-0.25, -0.2) is 0 Å². The van der Waals surface area contributed by atoms with Gasteiger partial charge in [0.1, 0.15) is 0 Å². The highest BCUT2D eigenvalue weighted by molar-refractivity contribution is 9.10. The van der Waals surface area contributed by atoms with Crippen molar-refractivity contribution in [2.24, 2.45) is 0 Å². The van der Waals surface area contributed by atoms with Crippen LogP contribution in [0.25, 0.3) is 0 Å². The van der Waals surface area contributed by atoms with Crippen molar-refractivity contribution in [3.05, 3.63) is 33.3 Å². The zero-order valence-corrected chi connectivity index (χ0v) is 10.9. The van der Waals surface area contributed by atoms with Crippen molar-refractivity contribution in [1.29, 1.82) is 0 Å². The molecule has 0 amide bonds. The van der Waals surface area contributed by atoms with Crippen LogP contribution in [-0.4, -0.2) is 6.04 Å². The van der Waals surface area contributed by atoms with Crippen LogP contribution in [0, 0.1) is 0 Å². The monoisotopic (exact) mass is 287 g/mol. The highest BCUT2D eigenvalue weighted by Gasteiger charge is 2.14. The number of halogens is 2. The molecule has 82 valence electrons. The summed E-state index contributed by atoms with van der Waals surface area (Å²) < 4.78 is 1.10. The van der Waals surface area contributed by atoms with Gasteiger partial charge in [0.25, 0.3) is 0 Å². The van der Waals surface area contributed by atoms with E-state index in [1.807, 2.05) is 12.1 Å². The zero-order valence-electron chi connectivity index (χ0n) is 8.60. The second-order valence-electron chi connectivity index (χ2n) is 4.10. The molecule has 1 aromatic rings. The second kappa shape index (κ2) is 5.33. The lowest BCUT2D eigenvalue weighted by atomic mass is 10.2. The van der Waals surface area contributed by atoms with E-state index in [0.717, 1.165) is 16.0 Å². The molecular formula is C12H15BrClN. The van der Waals surface area contributed by atoms with Crippen molar-refractivity contribution in [1.82, 2.24) is 5.32 Å². The van der Waals surface area contributed by atoms with E-state index in [9.17, 15) is 0 Å². The first-order chi connectivity index (χ1) is 7.25. The minimum absolute atomic E-state index is 0.715. The minimum Gasteiger partial charge on any atom is -0.310 e. The SMILES string of the molecule is Clc1ccc(CNC2CCCC2)c(Br)c1. The standard InChI is InChI=1S/C12H15BrClN/c13-12-7-10(14)6-5-9(12)8-15-11-3-1-2-4-11/h5-7,11,15H,1-4,8H2. The largest absolute Gasteiger partial charge is 0.310 e. The number of rotatable bonds is 3. The third kappa shape index (κ3) is 3.20. The molecule has 0 aliphatic heterocycles. The summed E-state index contributed by atoms with van der Waals surface area (Å²) in [4.78, 5) is 0. The molecule has 1 aliphatic carbocycles. The molecule has 0 saturated heterocycles. The molecule has 0 atom stereocenters. The molecule has 1 aromatic carbocycles. The van der Waals surface area contributed by atoms with Crippen molar-refractivity contribution in [2.75, 3.05) is 0 Å². The fraction of sp³-hybridized carbons (Fsp3) is 0.500. The average molecular weight is 289 g/mol. The summed E-state index contributed by atoms with van der Waals surface area (Å²) in [5.74, 6) is 0. The summed E-state index contributed by atoms with van der Waals surface area (Å²) in [7, 11) is 0. The Morgan fingerprint density at radius 3 is 2.73 bits per heavy atom. The van der Waals surface area contributed by atoms with Gasteiger partial charge < -0.3 is 5.32 Å². The molecule has 0 spiro atoms. The fourth-order valence-corrected chi connectivity index (χ4v) is 2.87. The Bertz CT molecular complexity index is 334. The van der Waals surface area contributed by atoms with E-state index in [4.69, 9.17) is 11.6 Å². The lowest BCUT2D eigenvalue weighted by molar-refractivity contribution is 0.523. The number of benzene rings is 1. The van der Waals surface area contributed by atoms with Crippen LogP contribution in [0.15, 0.2) is 22.7 Å². The molecular weight excluding hydrogens is 273 g/mol. The van der Waals surface area contributed by atoms with E-state index in [1.165, 1.54) is 31.2 Å². The topological polar surface area (TPSA) is 12.0 Å². The van der Waals surface area contributed by atoms with Crippen LogP contribution in [-0.2, 0) is 6.54 Å². The van der Waals surface area contributed by atoms with Crippen LogP contribution in [0.2, 0.25) is 5.02 Å². The first kappa shape index (κ1) is 11.4. The second-order valence-corrected chi connectivity index (χ2v) is 5.39. The Kier molecular flexibility index (Phi) is 4.06. The maximum absolute atomic E-state index is 5.89. The van der Waals surface area contributed by atoms with Crippen molar-refractivity contribution in [2.45, 2.75) is 38.3 Å². The van der Waals surface area contributed by atoms with Gasteiger partial charge in [0.2, 0.25) is 0 Å². The van der Waals surface area contributed by atoms with E-state index in [0.29, 0.717) is 6.04 Å². The maximum Gasteiger partial charge on any atom is 0.0417 e. The molecule has 0 aromatic heterocycles. The normalized spacial score (nSPS) is 17.2. The molecule has 1 saturated carbocycles. The molecule has 0 heterocycles. The molecule has 0 bridgehead atoms. The lowest BCUT2D eigenvalue weighted by Gasteiger charge is -2.12. The number of nitrogens with one attached hydrogen (secondary N) is 1. The minimum atomic E-state index is 0.715. The van der Waals surface area contributed by atoms with Gasteiger partial charge in [0, 0.05) is 22.1 Å². The molecule has 1 nitrogen and oxygen atoms in total. The van der Waals surface area contributed by atoms with Gasteiger partial charge in [-0.3, -0.25) is 0 Å². The summed E-state index contributed by atoms with van der Waals surface area (Å²) in [5, 5.41) is 4.37.